The summed E-state index contributed by atoms with van der Waals surface area (Å²) in [6.07, 6.45) is 0. The molecule has 3 heterocycles. The number of benzene rings is 7. The van der Waals surface area contributed by atoms with Gasteiger partial charge in [0.1, 0.15) is 5.75 Å². The molecule has 0 amide bonds. The van der Waals surface area contributed by atoms with Crippen LogP contribution in [0, 0.1) is 0 Å². The van der Waals surface area contributed by atoms with Gasteiger partial charge in [-0.3, -0.25) is 4.57 Å². The summed E-state index contributed by atoms with van der Waals surface area (Å²) in [5.74, 6) is 0.900. The van der Waals surface area contributed by atoms with Gasteiger partial charge in [0, 0.05) is 38.2 Å². The van der Waals surface area contributed by atoms with Crippen LogP contribution in [0.3, 0.4) is 0 Å². The summed E-state index contributed by atoms with van der Waals surface area (Å²) in [6.45, 7) is 0. The average molecular weight is 629 g/mol. The molecule has 10 aromatic rings. The predicted molar refractivity (Wildman–Crippen MR) is 201 cm³/mol. The van der Waals surface area contributed by atoms with E-state index in [1.807, 2.05) is 48.5 Å². The van der Waals surface area contributed by atoms with Crippen LogP contribution in [0.15, 0.2) is 164 Å². The maximum absolute atomic E-state index is 10.5. The normalized spacial score (nSPS) is 11.8. The summed E-state index contributed by atoms with van der Waals surface area (Å²) in [5.41, 5.74) is 10.4. The third kappa shape index (κ3) is 4.26. The van der Waals surface area contributed by atoms with Gasteiger partial charge in [0.2, 0.25) is 5.95 Å². The minimum atomic E-state index is 0.255. The van der Waals surface area contributed by atoms with Crippen LogP contribution in [0.2, 0.25) is 0 Å². The van der Waals surface area contributed by atoms with Gasteiger partial charge in [0.15, 0.2) is 0 Å². The van der Waals surface area contributed by atoms with E-state index in [0.29, 0.717) is 5.95 Å². The molecule has 0 aliphatic heterocycles. The zero-order valence-corrected chi connectivity index (χ0v) is 26.3. The number of rotatable bonds is 4. The fraction of sp³-hybridized carbons (Fsp3) is 0. The largest absolute Gasteiger partial charge is 0.508 e. The van der Waals surface area contributed by atoms with Crippen LogP contribution in [0.4, 0.5) is 0 Å². The number of hydrogen-bond donors (Lipinski definition) is 1. The molecule has 230 valence electrons. The van der Waals surface area contributed by atoms with Gasteiger partial charge in [-0.2, -0.15) is 0 Å². The van der Waals surface area contributed by atoms with Crippen molar-refractivity contribution in [3.8, 4) is 39.8 Å². The van der Waals surface area contributed by atoms with E-state index in [1.165, 1.54) is 0 Å². The highest BCUT2D eigenvalue weighted by Crippen LogP contribution is 2.39. The van der Waals surface area contributed by atoms with Crippen molar-refractivity contribution >= 4 is 54.5 Å². The lowest BCUT2D eigenvalue weighted by atomic mass is 10.0. The summed E-state index contributed by atoms with van der Waals surface area (Å²) in [6, 6.07) is 56.3. The summed E-state index contributed by atoms with van der Waals surface area (Å²) < 4.78 is 4.45. The summed E-state index contributed by atoms with van der Waals surface area (Å²) in [7, 11) is 0. The first-order valence-corrected chi connectivity index (χ1v) is 16.4. The minimum absolute atomic E-state index is 0.255. The molecule has 0 aliphatic carbocycles. The van der Waals surface area contributed by atoms with E-state index in [1.54, 1.807) is 6.07 Å². The molecule has 10 rings (SSSR count). The van der Waals surface area contributed by atoms with E-state index in [0.717, 1.165) is 82.6 Å². The number of aromatic hydroxyl groups is 1. The van der Waals surface area contributed by atoms with E-state index in [-0.39, 0.29) is 5.75 Å². The Bertz CT molecular complexity index is 2890. The van der Waals surface area contributed by atoms with Gasteiger partial charge in [-0.1, -0.05) is 97.1 Å². The number of para-hydroxylation sites is 3. The fourth-order valence-corrected chi connectivity index (χ4v) is 7.39. The lowest BCUT2D eigenvalue weighted by Gasteiger charge is -2.12. The quantitative estimate of drug-likeness (QED) is 0.211. The third-order valence-corrected chi connectivity index (χ3v) is 9.61. The number of phenolic OH excluding ortho intramolecular Hbond substituents is 1. The highest BCUT2D eigenvalue weighted by Gasteiger charge is 2.19. The molecule has 5 nitrogen and oxygen atoms in total. The molecule has 0 aliphatic rings. The van der Waals surface area contributed by atoms with Gasteiger partial charge in [-0.25, -0.2) is 9.97 Å². The van der Waals surface area contributed by atoms with E-state index in [9.17, 15) is 5.11 Å². The molecule has 3 aromatic heterocycles. The van der Waals surface area contributed by atoms with Crippen molar-refractivity contribution in [2.24, 2.45) is 0 Å². The molecular weight excluding hydrogens is 601 g/mol. The van der Waals surface area contributed by atoms with Crippen LogP contribution in [0.1, 0.15) is 0 Å². The second kappa shape index (κ2) is 10.7. The standard InChI is InChI=1S/C44H28N4O/c49-32-21-24-41-37(27-32)36-26-30(19-22-40(36)47(41)31-13-5-2-6-14-31)29-20-23-42-35(25-29)33-15-8-10-18-39(33)48(42)44-45-38-17-9-7-16-34(38)43(46-44)28-11-3-1-4-12-28/h1-27,49H. The first-order valence-electron chi connectivity index (χ1n) is 16.4. The van der Waals surface area contributed by atoms with Crippen molar-refractivity contribution in [3.05, 3.63) is 164 Å². The summed E-state index contributed by atoms with van der Waals surface area (Å²) >= 11 is 0. The fourth-order valence-electron chi connectivity index (χ4n) is 7.39. The molecule has 0 fully saturated rings. The monoisotopic (exact) mass is 628 g/mol. The molecule has 0 bridgehead atoms. The number of hydrogen-bond acceptors (Lipinski definition) is 3. The lowest BCUT2D eigenvalue weighted by molar-refractivity contribution is 0.476. The van der Waals surface area contributed by atoms with Crippen molar-refractivity contribution in [2.45, 2.75) is 0 Å². The second-order valence-corrected chi connectivity index (χ2v) is 12.4. The van der Waals surface area contributed by atoms with Crippen molar-refractivity contribution in [1.29, 1.82) is 0 Å². The molecule has 0 spiro atoms. The third-order valence-electron chi connectivity index (χ3n) is 9.61. The highest BCUT2D eigenvalue weighted by atomic mass is 16.3. The Hall–Kier alpha value is -6.72. The topological polar surface area (TPSA) is 55.9 Å². The summed E-state index contributed by atoms with van der Waals surface area (Å²) in [4.78, 5) is 10.3. The van der Waals surface area contributed by atoms with Crippen LogP contribution in [0.25, 0.3) is 88.5 Å². The Kier molecular flexibility index (Phi) is 5.96. The van der Waals surface area contributed by atoms with Gasteiger partial charge in [-0.15, -0.1) is 0 Å². The van der Waals surface area contributed by atoms with Crippen molar-refractivity contribution in [3.63, 3.8) is 0 Å². The average Bonchev–Trinajstić information content (AvgIpc) is 3.67. The van der Waals surface area contributed by atoms with E-state index < -0.39 is 0 Å². The van der Waals surface area contributed by atoms with Crippen LogP contribution < -0.4 is 0 Å². The molecule has 0 unspecified atom stereocenters. The zero-order valence-electron chi connectivity index (χ0n) is 26.3. The zero-order chi connectivity index (χ0) is 32.5. The van der Waals surface area contributed by atoms with Crippen molar-refractivity contribution in [2.75, 3.05) is 0 Å². The molecule has 0 saturated carbocycles. The molecule has 7 aromatic carbocycles. The van der Waals surface area contributed by atoms with Gasteiger partial charge in [0.25, 0.3) is 0 Å². The Labute approximate surface area is 281 Å². The van der Waals surface area contributed by atoms with Crippen LogP contribution in [-0.2, 0) is 0 Å². The molecular formula is C44H28N4O. The Morgan fingerprint density at radius 3 is 1.69 bits per heavy atom. The van der Waals surface area contributed by atoms with Crippen molar-refractivity contribution < 1.29 is 5.11 Å². The van der Waals surface area contributed by atoms with E-state index in [2.05, 4.69) is 118 Å². The number of aromatic nitrogens is 4. The molecule has 0 saturated heterocycles. The van der Waals surface area contributed by atoms with Crippen LogP contribution in [0.5, 0.6) is 5.75 Å². The van der Waals surface area contributed by atoms with Crippen LogP contribution in [-0.4, -0.2) is 24.2 Å². The van der Waals surface area contributed by atoms with Gasteiger partial charge in [-0.05, 0) is 77.9 Å². The summed E-state index contributed by atoms with van der Waals surface area (Å²) in [5, 5.41) is 15.9. The predicted octanol–water partition coefficient (Wildman–Crippen LogP) is 10.9. The smallest absolute Gasteiger partial charge is 0.235 e. The molecule has 5 heteroatoms. The molecule has 0 atom stereocenters. The number of nitrogens with zero attached hydrogens (tertiary/aromatic N) is 4. The molecule has 1 N–H and O–H groups in total. The maximum Gasteiger partial charge on any atom is 0.235 e. The molecule has 49 heavy (non-hydrogen) atoms. The van der Waals surface area contributed by atoms with Gasteiger partial charge >= 0.3 is 0 Å². The first kappa shape index (κ1) is 27.4. The number of phenols is 1. The minimum Gasteiger partial charge on any atom is -0.508 e. The Morgan fingerprint density at radius 2 is 0.939 bits per heavy atom. The number of fused-ring (bicyclic) bond motifs is 7. The second-order valence-electron chi connectivity index (χ2n) is 12.4. The SMILES string of the molecule is Oc1ccc2c(c1)c1cc(-c3ccc4c(c3)c3ccccc3n4-c3nc(-c4ccccc4)c4ccccc4n3)ccc1n2-c1ccccc1. The maximum atomic E-state index is 10.5. The Balaban J connectivity index is 1.19. The van der Waals surface area contributed by atoms with Gasteiger partial charge in [0.05, 0.1) is 33.3 Å². The first-order chi connectivity index (χ1) is 24.2. The van der Waals surface area contributed by atoms with E-state index >= 15 is 0 Å². The van der Waals surface area contributed by atoms with E-state index in [4.69, 9.17) is 9.97 Å². The lowest BCUT2D eigenvalue weighted by Crippen LogP contribution is -2.03. The van der Waals surface area contributed by atoms with Gasteiger partial charge < -0.3 is 9.67 Å². The Morgan fingerprint density at radius 1 is 0.388 bits per heavy atom. The van der Waals surface area contributed by atoms with Crippen molar-refractivity contribution in [1.82, 2.24) is 19.1 Å². The highest BCUT2D eigenvalue weighted by molar-refractivity contribution is 6.13. The molecule has 0 radical (unpaired) electrons. The van der Waals surface area contributed by atoms with Crippen LogP contribution >= 0.6 is 0 Å².